The molecule has 0 bridgehead atoms. The van der Waals surface area contributed by atoms with Crippen LogP contribution in [-0.2, 0) is 16.4 Å². The van der Waals surface area contributed by atoms with E-state index < -0.39 is 16.1 Å². The standard InChI is InChI=1S/C18H20ClN5O3S/c1-2-28(26,27)13-7-3-11(4-8-13)9-20-15-17(25)24(12-5-6-12)16-14(22-15)10-21-18(19)23-16/h3-4,7-8,10,12,17,25H,2,5-6,9H2,1H3,(H,20,22). The van der Waals surface area contributed by atoms with Crippen molar-refractivity contribution in [2.75, 3.05) is 16.0 Å². The van der Waals surface area contributed by atoms with Crippen molar-refractivity contribution in [3.63, 3.8) is 0 Å². The van der Waals surface area contributed by atoms with E-state index in [2.05, 4.69) is 20.3 Å². The highest BCUT2D eigenvalue weighted by Gasteiger charge is 2.40. The zero-order chi connectivity index (χ0) is 19.9. The van der Waals surface area contributed by atoms with Crippen LogP contribution in [0.5, 0.6) is 0 Å². The van der Waals surface area contributed by atoms with Gasteiger partial charge in [-0.15, -0.1) is 0 Å². The van der Waals surface area contributed by atoms with Gasteiger partial charge in [-0.05, 0) is 42.1 Å². The van der Waals surface area contributed by atoms with Gasteiger partial charge in [-0.1, -0.05) is 19.1 Å². The first-order chi connectivity index (χ1) is 13.4. The Labute approximate surface area is 168 Å². The summed E-state index contributed by atoms with van der Waals surface area (Å²) in [6, 6.07) is 6.83. The lowest BCUT2D eigenvalue weighted by molar-refractivity contribution is 0.229. The average Bonchev–Trinajstić information content (AvgIpc) is 3.52. The maximum atomic E-state index is 11.9. The van der Waals surface area contributed by atoms with Crippen molar-refractivity contribution >= 4 is 38.8 Å². The van der Waals surface area contributed by atoms with Crippen molar-refractivity contribution in [2.45, 2.75) is 43.5 Å². The second-order valence-corrected chi connectivity index (χ2v) is 9.38. The fourth-order valence-corrected chi connectivity index (χ4v) is 4.09. The Morgan fingerprint density at radius 1 is 1.32 bits per heavy atom. The van der Waals surface area contributed by atoms with Gasteiger partial charge in [-0.3, -0.25) is 4.99 Å². The normalized spacial score (nSPS) is 20.8. The highest BCUT2D eigenvalue weighted by Crippen LogP contribution is 2.38. The van der Waals surface area contributed by atoms with E-state index in [1.54, 1.807) is 37.4 Å². The van der Waals surface area contributed by atoms with E-state index in [9.17, 15) is 13.5 Å². The van der Waals surface area contributed by atoms with E-state index in [4.69, 9.17) is 11.6 Å². The fraction of sp³-hybridized carbons (Fsp3) is 0.389. The van der Waals surface area contributed by atoms with E-state index in [0.29, 0.717) is 28.8 Å². The quantitative estimate of drug-likeness (QED) is 0.712. The lowest BCUT2D eigenvalue weighted by atomic mass is 10.2. The summed E-state index contributed by atoms with van der Waals surface area (Å²) in [4.78, 5) is 14.9. The largest absolute Gasteiger partial charge is 0.367 e. The van der Waals surface area contributed by atoms with Crippen molar-refractivity contribution < 1.29 is 13.5 Å². The van der Waals surface area contributed by atoms with Gasteiger partial charge in [0.2, 0.25) is 5.28 Å². The molecule has 1 aromatic heterocycles. The SMILES string of the molecule is CCS(=O)(=O)c1ccc(CN=C2Nc3cnc(Cl)nc3N(C3CC3)C2O)cc1. The first-order valence-electron chi connectivity index (χ1n) is 9.01. The van der Waals surface area contributed by atoms with Crippen molar-refractivity contribution in [2.24, 2.45) is 4.99 Å². The Bertz CT molecular complexity index is 1020. The predicted molar refractivity (Wildman–Crippen MR) is 107 cm³/mol. The molecule has 148 valence electrons. The average molecular weight is 422 g/mol. The number of anilines is 2. The monoisotopic (exact) mass is 421 g/mol. The number of rotatable bonds is 5. The second-order valence-electron chi connectivity index (χ2n) is 6.76. The minimum atomic E-state index is -3.23. The van der Waals surface area contributed by atoms with Crippen LogP contribution in [0.1, 0.15) is 25.3 Å². The van der Waals surface area contributed by atoms with Crippen molar-refractivity contribution in [1.29, 1.82) is 0 Å². The number of nitrogens with one attached hydrogen (secondary N) is 1. The highest BCUT2D eigenvalue weighted by atomic mass is 35.5. The summed E-state index contributed by atoms with van der Waals surface area (Å²) < 4.78 is 23.8. The van der Waals surface area contributed by atoms with Crippen LogP contribution in [0.15, 0.2) is 40.4 Å². The molecule has 2 N–H and O–H groups in total. The molecule has 1 fully saturated rings. The Kier molecular flexibility index (Phi) is 4.98. The van der Waals surface area contributed by atoms with E-state index >= 15 is 0 Å². The summed E-state index contributed by atoms with van der Waals surface area (Å²) >= 11 is 5.92. The summed E-state index contributed by atoms with van der Waals surface area (Å²) in [7, 11) is -3.23. The van der Waals surface area contributed by atoms with Crippen LogP contribution in [0.3, 0.4) is 0 Å². The van der Waals surface area contributed by atoms with Gasteiger partial charge in [0.05, 0.1) is 23.4 Å². The summed E-state index contributed by atoms with van der Waals surface area (Å²) in [5.74, 6) is 1.03. The van der Waals surface area contributed by atoms with Crippen LogP contribution in [0.25, 0.3) is 0 Å². The number of aliphatic hydroxyl groups excluding tert-OH is 1. The molecule has 4 rings (SSSR count). The van der Waals surface area contributed by atoms with Crippen LogP contribution in [0.4, 0.5) is 11.5 Å². The number of nitrogens with zero attached hydrogens (tertiary/aromatic N) is 4. The Balaban J connectivity index is 1.57. The molecule has 0 saturated heterocycles. The molecule has 1 aliphatic heterocycles. The Hall–Kier alpha value is -2.23. The molecule has 0 spiro atoms. The van der Waals surface area contributed by atoms with Crippen LogP contribution in [-0.4, -0.2) is 47.4 Å². The maximum absolute atomic E-state index is 11.9. The minimum Gasteiger partial charge on any atom is -0.367 e. The minimum absolute atomic E-state index is 0.0628. The fourth-order valence-electron chi connectivity index (χ4n) is 3.08. The third kappa shape index (κ3) is 3.69. The van der Waals surface area contributed by atoms with Crippen molar-refractivity contribution in [1.82, 2.24) is 9.97 Å². The molecule has 1 aliphatic carbocycles. The number of fused-ring (bicyclic) bond motifs is 1. The zero-order valence-corrected chi connectivity index (χ0v) is 16.8. The highest BCUT2D eigenvalue weighted by molar-refractivity contribution is 7.91. The van der Waals surface area contributed by atoms with Crippen LogP contribution < -0.4 is 10.2 Å². The molecular formula is C18H20ClN5O3S. The number of hydrogen-bond acceptors (Lipinski definition) is 7. The van der Waals surface area contributed by atoms with Gasteiger partial charge in [0, 0.05) is 6.04 Å². The number of aromatic nitrogens is 2. The molecule has 1 atom stereocenters. The van der Waals surface area contributed by atoms with Crippen molar-refractivity contribution in [3.8, 4) is 0 Å². The number of halogens is 1. The van der Waals surface area contributed by atoms with E-state index in [-0.39, 0.29) is 17.1 Å². The van der Waals surface area contributed by atoms with Crippen LogP contribution in [0.2, 0.25) is 5.28 Å². The summed E-state index contributed by atoms with van der Waals surface area (Å²) in [6.45, 7) is 1.92. The molecule has 2 heterocycles. The number of aliphatic hydroxyl groups is 1. The molecule has 1 unspecified atom stereocenters. The molecule has 2 aliphatic rings. The molecule has 10 heteroatoms. The zero-order valence-electron chi connectivity index (χ0n) is 15.2. The number of hydrogen-bond donors (Lipinski definition) is 2. The van der Waals surface area contributed by atoms with Crippen molar-refractivity contribution in [3.05, 3.63) is 41.3 Å². The molecule has 8 nitrogen and oxygen atoms in total. The van der Waals surface area contributed by atoms with E-state index in [1.165, 1.54) is 0 Å². The summed E-state index contributed by atoms with van der Waals surface area (Å²) in [6.07, 6.45) is 2.56. The van der Waals surface area contributed by atoms with Gasteiger partial charge in [-0.2, -0.15) is 4.98 Å². The number of aliphatic imine (C=N–C) groups is 1. The molecule has 2 aromatic rings. The summed E-state index contributed by atoms with van der Waals surface area (Å²) in [5.41, 5.74) is 1.48. The topological polar surface area (TPSA) is 108 Å². The smallest absolute Gasteiger partial charge is 0.224 e. The maximum Gasteiger partial charge on any atom is 0.224 e. The number of sulfone groups is 1. The molecule has 0 radical (unpaired) electrons. The Morgan fingerprint density at radius 3 is 2.68 bits per heavy atom. The first-order valence-corrected chi connectivity index (χ1v) is 11.0. The third-order valence-corrected chi connectivity index (χ3v) is 6.72. The van der Waals surface area contributed by atoms with Gasteiger partial charge in [0.15, 0.2) is 27.7 Å². The van der Waals surface area contributed by atoms with Gasteiger partial charge in [0.1, 0.15) is 5.69 Å². The number of amidine groups is 1. The lowest BCUT2D eigenvalue weighted by Crippen LogP contribution is -2.50. The molecule has 1 saturated carbocycles. The van der Waals surface area contributed by atoms with Gasteiger partial charge >= 0.3 is 0 Å². The van der Waals surface area contributed by atoms with E-state index in [0.717, 1.165) is 18.4 Å². The van der Waals surface area contributed by atoms with Gasteiger partial charge in [-0.25, -0.2) is 13.4 Å². The molecule has 28 heavy (non-hydrogen) atoms. The Morgan fingerprint density at radius 2 is 2.04 bits per heavy atom. The van der Waals surface area contributed by atoms with E-state index in [1.807, 2.05) is 4.90 Å². The van der Waals surface area contributed by atoms with Gasteiger partial charge in [0.25, 0.3) is 0 Å². The first kappa shape index (κ1) is 19.1. The van der Waals surface area contributed by atoms with Crippen LogP contribution >= 0.6 is 11.6 Å². The molecular weight excluding hydrogens is 402 g/mol. The van der Waals surface area contributed by atoms with Gasteiger partial charge < -0.3 is 15.3 Å². The molecule has 1 aromatic carbocycles. The second kappa shape index (κ2) is 7.31. The molecule has 0 amide bonds. The third-order valence-electron chi connectivity index (χ3n) is 4.79. The predicted octanol–water partition coefficient (Wildman–Crippen LogP) is 2.24. The summed E-state index contributed by atoms with van der Waals surface area (Å²) in [5, 5.41) is 14.0. The number of benzene rings is 1. The van der Waals surface area contributed by atoms with Crippen LogP contribution in [0, 0.1) is 0 Å². The lowest BCUT2D eigenvalue weighted by Gasteiger charge is -2.36.